The highest BCUT2D eigenvalue weighted by Gasteiger charge is 2.19. The molecule has 0 saturated heterocycles. The average molecular weight is 481 g/mol. The third-order valence-electron chi connectivity index (χ3n) is 4.25. The molecule has 0 aliphatic rings. The van der Waals surface area contributed by atoms with E-state index in [1.165, 1.54) is 23.9 Å². The summed E-state index contributed by atoms with van der Waals surface area (Å²) < 4.78 is 33.1. The maximum absolute atomic E-state index is 12.8. The Balaban J connectivity index is 1.75. The number of nitrogens with one attached hydrogen (secondary N) is 2. The van der Waals surface area contributed by atoms with Gasteiger partial charge < -0.3 is 9.84 Å². The van der Waals surface area contributed by atoms with Gasteiger partial charge in [-0.3, -0.25) is 4.79 Å². The Morgan fingerprint density at radius 1 is 1.19 bits per heavy atom. The van der Waals surface area contributed by atoms with Crippen molar-refractivity contribution in [2.24, 2.45) is 5.92 Å². The lowest BCUT2D eigenvalue weighted by Gasteiger charge is -2.13. The first-order chi connectivity index (χ1) is 14.7. The van der Waals surface area contributed by atoms with Gasteiger partial charge in [0.15, 0.2) is 0 Å². The second-order valence-corrected chi connectivity index (χ2v) is 9.90. The molecular formula is C20H21ClN4O4S2. The molecular weight excluding hydrogens is 460 g/mol. The van der Waals surface area contributed by atoms with E-state index in [-0.39, 0.29) is 29.2 Å². The zero-order chi connectivity index (χ0) is 22.6. The third-order valence-corrected chi connectivity index (χ3v) is 6.69. The molecule has 0 radical (unpaired) electrons. The first-order valence-electron chi connectivity index (χ1n) is 9.26. The predicted molar refractivity (Wildman–Crippen MR) is 120 cm³/mol. The van der Waals surface area contributed by atoms with Gasteiger partial charge in [0, 0.05) is 21.4 Å². The summed E-state index contributed by atoms with van der Waals surface area (Å²) in [6, 6.07) is 11.4. The van der Waals surface area contributed by atoms with Gasteiger partial charge in [0.2, 0.25) is 27.6 Å². The Morgan fingerprint density at radius 3 is 2.55 bits per heavy atom. The number of benzene rings is 2. The van der Waals surface area contributed by atoms with Crippen LogP contribution in [0.3, 0.4) is 0 Å². The second-order valence-electron chi connectivity index (χ2n) is 6.85. The highest BCUT2D eigenvalue weighted by atomic mass is 35.5. The van der Waals surface area contributed by atoms with Gasteiger partial charge in [-0.2, -0.15) is 4.98 Å². The number of carbonyl (C=O) groups is 1. The molecule has 0 fully saturated rings. The molecule has 2 N–H and O–H groups in total. The van der Waals surface area contributed by atoms with Crippen LogP contribution in [0.2, 0.25) is 5.02 Å². The molecule has 1 amide bonds. The van der Waals surface area contributed by atoms with Crippen molar-refractivity contribution >= 4 is 45.0 Å². The Labute approximate surface area is 189 Å². The minimum atomic E-state index is -3.88. The topological polar surface area (TPSA) is 114 Å². The van der Waals surface area contributed by atoms with Crippen molar-refractivity contribution in [2.45, 2.75) is 30.2 Å². The van der Waals surface area contributed by atoms with Gasteiger partial charge in [-0.25, -0.2) is 13.1 Å². The second kappa shape index (κ2) is 9.82. The van der Waals surface area contributed by atoms with E-state index in [4.69, 9.17) is 16.1 Å². The smallest absolute Gasteiger partial charge is 0.242 e. The van der Waals surface area contributed by atoms with Crippen molar-refractivity contribution in [1.82, 2.24) is 14.9 Å². The first-order valence-corrected chi connectivity index (χ1v) is 12.4. The van der Waals surface area contributed by atoms with Gasteiger partial charge in [0.1, 0.15) is 0 Å². The Morgan fingerprint density at radius 2 is 1.90 bits per heavy atom. The van der Waals surface area contributed by atoms with Gasteiger partial charge in [-0.1, -0.05) is 30.6 Å². The molecule has 31 heavy (non-hydrogen) atoms. The van der Waals surface area contributed by atoms with Crippen LogP contribution in [-0.2, 0) is 21.4 Å². The summed E-state index contributed by atoms with van der Waals surface area (Å²) in [4.78, 5) is 17.0. The van der Waals surface area contributed by atoms with Crippen LogP contribution in [-0.4, -0.2) is 30.7 Å². The van der Waals surface area contributed by atoms with E-state index in [0.717, 1.165) is 4.90 Å². The number of rotatable bonds is 8. The van der Waals surface area contributed by atoms with Gasteiger partial charge in [-0.05, 0) is 48.7 Å². The van der Waals surface area contributed by atoms with E-state index < -0.39 is 10.0 Å². The molecule has 3 rings (SSSR count). The van der Waals surface area contributed by atoms with E-state index >= 15 is 0 Å². The van der Waals surface area contributed by atoms with Crippen molar-refractivity contribution in [2.75, 3.05) is 11.6 Å². The molecule has 2 aromatic carbocycles. The van der Waals surface area contributed by atoms with E-state index in [9.17, 15) is 13.2 Å². The maximum Gasteiger partial charge on any atom is 0.242 e. The van der Waals surface area contributed by atoms with Crippen molar-refractivity contribution in [3.63, 3.8) is 0 Å². The fourth-order valence-corrected chi connectivity index (χ4v) is 4.17. The van der Waals surface area contributed by atoms with E-state index in [1.54, 1.807) is 44.2 Å². The molecule has 0 spiro atoms. The molecule has 164 valence electrons. The lowest BCUT2D eigenvalue weighted by Crippen LogP contribution is -2.24. The fraction of sp³-hybridized carbons (Fsp3) is 0.250. The van der Waals surface area contributed by atoms with E-state index in [1.807, 2.05) is 6.26 Å². The molecule has 3 aromatic rings. The number of aromatic nitrogens is 2. The number of hydrogen-bond acceptors (Lipinski definition) is 7. The summed E-state index contributed by atoms with van der Waals surface area (Å²) in [6.45, 7) is 3.35. The van der Waals surface area contributed by atoms with Crippen LogP contribution >= 0.6 is 23.4 Å². The van der Waals surface area contributed by atoms with E-state index in [0.29, 0.717) is 22.1 Å². The quantitative estimate of drug-likeness (QED) is 0.464. The standard InChI is InChI=1S/C20H21ClN4O4S2/c1-12(2)20(26)23-16-10-15(8-9-17(16)30-3)31(27,28)22-11-18-24-19(25-29-18)13-4-6-14(21)7-5-13/h4-10,12,22H,11H2,1-3H3,(H,23,26). The van der Waals surface area contributed by atoms with Crippen molar-refractivity contribution < 1.29 is 17.7 Å². The predicted octanol–water partition coefficient (Wildman–Crippen LogP) is 4.18. The van der Waals surface area contributed by atoms with Crippen LogP contribution in [0, 0.1) is 5.92 Å². The lowest BCUT2D eigenvalue weighted by atomic mass is 10.2. The fourth-order valence-electron chi connectivity index (χ4n) is 2.51. The average Bonchev–Trinajstić information content (AvgIpc) is 3.22. The number of amides is 1. The van der Waals surface area contributed by atoms with Gasteiger partial charge in [-0.15, -0.1) is 11.8 Å². The molecule has 0 aliphatic heterocycles. The first kappa shape index (κ1) is 23.3. The summed E-state index contributed by atoms with van der Waals surface area (Å²) in [6.07, 6.45) is 1.85. The molecule has 1 heterocycles. The summed E-state index contributed by atoms with van der Waals surface area (Å²) in [5, 5.41) is 7.21. The van der Waals surface area contributed by atoms with Crippen molar-refractivity contribution in [3.8, 4) is 11.4 Å². The monoisotopic (exact) mass is 480 g/mol. The largest absolute Gasteiger partial charge is 0.338 e. The number of sulfonamides is 1. The summed E-state index contributed by atoms with van der Waals surface area (Å²) in [5.74, 6) is 0.00955. The Kier molecular flexibility index (Phi) is 7.37. The summed E-state index contributed by atoms with van der Waals surface area (Å²) in [5.41, 5.74) is 1.14. The van der Waals surface area contributed by atoms with Gasteiger partial charge in [0.25, 0.3) is 0 Å². The number of halogens is 1. The highest BCUT2D eigenvalue weighted by Crippen LogP contribution is 2.28. The van der Waals surface area contributed by atoms with Crippen molar-refractivity contribution in [3.05, 3.63) is 53.4 Å². The third kappa shape index (κ3) is 5.85. The minimum Gasteiger partial charge on any atom is -0.338 e. The molecule has 11 heteroatoms. The summed E-state index contributed by atoms with van der Waals surface area (Å²) >= 11 is 7.28. The van der Waals surface area contributed by atoms with Crippen molar-refractivity contribution in [1.29, 1.82) is 0 Å². The molecule has 0 bridgehead atoms. The zero-order valence-electron chi connectivity index (χ0n) is 17.0. The highest BCUT2D eigenvalue weighted by molar-refractivity contribution is 7.98. The molecule has 0 saturated carbocycles. The van der Waals surface area contributed by atoms with Crippen LogP contribution in [0.25, 0.3) is 11.4 Å². The SMILES string of the molecule is CSc1ccc(S(=O)(=O)NCc2nc(-c3ccc(Cl)cc3)no2)cc1NC(=O)C(C)C. The number of carbonyl (C=O) groups excluding carboxylic acids is 1. The molecule has 0 atom stereocenters. The summed E-state index contributed by atoms with van der Waals surface area (Å²) in [7, 11) is -3.88. The van der Waals surface area contributed by atoms with Gasteiger partial charge >= 0.3 is 0 Å². The number of thioether (sulfide) groups is 1. The number of anilines is 1. The normalized spacial score (nSPS) is 11.6. The Hall–Kier alpha value is -2.40. The number of nitrogens with zero attached hydrogens (tertiary/aromatic N) is 2. The lowest BCUT2D eigenvalue weighted by molar-refractivity contribution is -0.118. The van der Waals surface area contributed by atoms with Crippen LogP contribution in [0.1, 0.15) is 19.7 Å². The number of hydrogen-bond donors (Lipinski definition) is 2. The molecule has 0 aliphatic carbocycles. The minimum absolute atomic E-state index is 0.0156. The molecule has 1 aromatic heterocycles. The molecule has 8 nitrogen and oxygen atoms in total. The van der Waals surface area contributed by atoms with Crippen LogP contribution < -0.4 is 10.0 Å². The van der Waals surface area contributed by atoms with Crippen LogP contribution in [0.5, 0.6) is 0 Å². The molecule has 0 unspecified atom stereocenters. The van der Waals surface area contributed by atoms with Crippen LogP contribution in [0.4, 0.5) is 5.69 Å². The van der Waals surface area contributed by atoms with Gasteiger partial charge in [0.05, 0.1) is 17.1 Å². The zero-order valence-corrected chi connectivity index (χ0v) is 19.4. The Bertz CT molecular complexity index is 1180. The maximum atomic E-state index is 12.8. The van der Waals surface area contributed by atoms with E-state index in [2.05, 4.69) is 20.2 Å². The van der Waals surface area contributed by atoms with Crippen LogP contribution in [0.15, 0.2) is 56.8 Å².